The van der Waals surface area contributed by atoms with Crippen LogP contribution in [0.5, 0.6) is 0 Å². The molecule has 1 saturated carbocycles. The SMILES string of the molecule is C=C(C1=CC(NCC(F)(F)F)=C(C(C)CN2C=C(C)C=C(F)C2)C=CN1)N(C)C1(CCCC)CCC1. The van der Waals surface area contributed by atoms with Crippen LogP contribution in [0.1, 0.15) is 59.3 Å². The minimum Gasteiger partial charge on any atom is -0.376 e. The summed E-state index contributed by atoms with van der Waals surface area (Å²) >= 11 is 0. The highest BCUT2D eigenvalue weighted by Gasteiger charge is 2.41. The van der Waals surface area contributed by atoms with E-state index in [9.17, 15) is 17.6 Å². The number of hydrogen-bond acceptors (Lipinski definition) is 4. The van der Waals surface area contributed by atoms with Crippen LogP contribution in [-0.2, 0) is 0 Å². The van der Waals surface area contributed by atoms with Gasteiger partial charge in [-0.2, -0.15) is 13.2 Å². The van der Waals surface area contributed by atoms with E-state index < -0.39 is 12.7 Å². The Hall–Kier alpha value is -2.64. The Morgan fingerprint density at radius 1 is 1.31 bits per heavy atom. The van der Waals surface area contributed by atoms with Crippen LogP contribution in [0.15, 0.2) is 71.3 Å². The van der Waals surface area contributed by atoms with Crippen molar-refractivity contribution in [2.75, 3.05) is 26.7 Å². The van der Waals surface area contributed by atoms with Crippen LogP contribution in [0, 0.1) is 5.92 Å². The quantitative estimate of drug-likeness (QED) is 0.306. The fraction of sp³-hybridized carbons (Fsp3) is 0.571. The van der Waals surface area contributed by atoms with Crippen molar-refractivity contribution in [3.8, 4) is 0 Å². The molecule has 200 valence electrons. The van der Waals surface area contributed by atoms with Crippen LogP contribution < -0.4 is 10.6 Å². The largest absolute Gasteiger partial charge is 0.405 e. The smallest absolute Gasteiger partial charge is 0.376 e. The molecule has 4 nitrogen and oxygen atoms in total. The number of likely N-dealkylation sites (N-methyl/N-ethyl adjacent to an activating group) is 1. The van der Waals surface area contributed by atoms with E-state index in [0.717, 1.165) is 48.9 Å². The van der Waals surface area contributed by atoms with Gasteiger partial charge in [-0.25, -0.2) is 4.39 Å². The van der Waals surface area contributed by atoms with Gasteiger partial charge in [-0.15, -0.1) is 0 Å². The van der Waals surface area contributed by atoms with Crippen molar-refractivity contribution in [1.82, 2.24) is 20.4 Å². The van der Waals surface area contributed by atoms with Crippen LogP contribution >= 0.6 is 0 Å². The maximum atomic E-state index is 14.0. The highest BCUT2D eigenvalue weighted by molar-refractivity contribution is 5.44. The maximum absolute atomic E-state index is 14.0. The van der Waals surface area contributed by atoms with E-state index >= 15 is 0 Å². The molecule has 0 radical (unpaired) electrons. The summed E-state index contributed by atoms with van der Waals surface area (Å²) in [6.45, 7) is 9.77. The molecule has 1 aliphatic carbocycles. The number of alkyl halides is 3. The van der Waals surface area contributed by atoms with Crippen LogP contribution in [0.3, 0.4) is 0 Å². The molecule has 0 bridgehead atoms. The summed E-state index contributed by atoms with van der Waals surface area (Å²) in [6, 6.07) is 0. The van der Waals surface area contributed by atoms with E-state index in [0.29, 0.717) is 17.9 Å². The fourth-order valence-corrected chi connectivity index (χ4v) is 5.26. The molecule has 8 heteroatoms. The Morgan fingerprint density at radius 2 is 2.03 bits per heavy atom. The molecular weight excluding hydrogens is 468 g/mol. The second-order valence-electron chi connectivity index (χ2n) is 10.4. The predicted octanol–water partition coefficient (Wildman–Crippen LogP) is 6.66. The maximum Gasteiger partial charge on any atom is 0.405 e. The molecule has 0 saturated heterocycles. The van der Waals surface area contributed by atoms with Crippen molar-refractivity contribution in [2.24, 2.45) is 5.92 Å². The zero-order chi connectivity index (χ0) is 26.5. The molecule has 2 aliphatic heterocycles. The highest BCUT2D eigenvalue weighted by Crippen LogP contribution is 2.43. The first-order valence-electron chi connectivity index (χ1n) is 12.9. The molecule has 3 rings (SSSR count). The molecule has 0 aromatic carbocycles. The number of hydrogen-bond donors (Lipinski definition) is 2. The van der Waals surface area contributed by atoms with Crippen molar-refractivity contribution >= 4 is 0 Å². The van der Waals surface area contributed by atoms with Crippen molar-refractivity contribution in [2.45, 2.75) is 71.0 Å². The van der Waals surface area contributed by atoms with Gasteiger partial charge < -0.3 is 20.4 Å². The van der Waals surface area contributed by atoms with E-state index in [4.69, 9.17) is 0 Å². The third kappa shape index (κ3) is 6.98. The fourth-order valence-electron chi connectivity index (χ4n) is 5.26. The van der Waals surface area contributed by atoms with Crippen LogP contribution in [0.2, 0.25) is 0 Å². The molecule has 2 N–H and O–H groups in total. The molecule has 0 spiro atoms. The monoisotopic (exact) mass is 508 g/mol. The molecule has 3 aliphatic rings. The summed E-state index contributed by atoms with van der Waals surface area (Å²) in [7, 11) is 2.04. The zero-order valence-electron chi connectivity index (χ0n) is 21.9. The predicted molar refractivity (Wildman–Crippen MR) is 138 cm³/mol. The number of unbranched alkanes of at least 4 members (excludes halogenated alkanes) is 1. The Bertz CT molecular complexity index is 967. The van der Waals surface area contributed by atoms with Gasteiger partial charge in [-0.1, -0.05) is 33.3 Å². The molecule has 36 heavy (non-hydrogen) atoms. The summed E-state index contributed by atoms with van der Waals surface area (Å²) < 4.78 is 53.5. The number of nitrogens with one attached hydrogen (secondary N) is 2. The second-order valence-corrected chi connectivity index (χ2v) is 10.4. The Labute approximate surface area is 213 Å². The van der Waals surface area contributed by atoms with Crippen molar-refractivity contribution in [3.05, 3.63) is 71.3 Å². The molecule has 1 fully saturated rings. The lowest BCUT2D eigenvalue weighted by atomic mass is 9.72. The third-order valence-electron chi connectivity index (χ3n) is 7.45. The lowest BCUT2D eigenvalue weighted by Crippen LogP contribution is -2.51. The van der Waals surface area contributed by atoms with Gasteiger partial charge in [-0.3, -0.25) is 0 Å². The number of allylic oxidation sites excluding steroid dienone is 4. The molecule has 0 aromatic rings. The van der Waals surface area contributed by atoms with E-state index in [1.165, 1.54) is 12.5 Å². The van der Waals surface area contributed by atoms with E-state index in [1.54, 1.807) is 12.3 Å². The van der Waals surface area contributed by atoms with Crippen LogP contribution in [0.4, 0.5) is 17.6 Å². The normalized spacial score (nSPS) is 20.4. The summed E-state index contributed by atoms with van der Waals surface area (Å²) in [5, 5.41) is 5.87. The molecule has 2 heterocycles. The minimum absolute atomic E-state index is 0.0566. The van der Waals surface area contributed by atoms with Gasteiger partial charge in [0.2, 0.25) is 0 Å². The number of nitrogens with zero attached hydrogens (tertiary/aromatic N) is 2. The summed E-state index contributed by atoms with van der Waals surface area (Å²) in [5.41, 5.74) is 3.42. The summed E-state index contributed by atoms with van der Waals surface area (Å²) in [5.74, 6) is -0.378. The second kappa shape index (κ2) is 11.6. The number of rotatable bonds is 11. The molecular formula is C28H40F4N4. The zero-order valence-corrected chi connectivity index (χ0v) is 21.9. The Morgan fingerprint density at radius 3 is 2.61 bits per heavy atom. The Balaban J connectivity index is 1.87. The van der Waals surface area contributed by atoms with Gasteiger partial charge in [0.05, 0.1) is 17.9 Å². The number of halogens is 4. The molecule has 1 atom stereocenters. The topological polar surface area (TPSA) is 30.5 Å². The lowest BCUT2D eigenvalue weighted by Gasteiger charge is -2.51. The van der Waals surface area contributed by atoms with E-state index in [-0.39, 0.29) is 23.8 Å². The van der Waals surface area contributed by atoms with Gasteiger partial charge in [-0.05, 0) is 62.0 Å². The van der Waals surface area contributed by atoms with Gasteiger partial charge in [0.25, 0.3) is 0 Å². The lowest BCUT2D eigenvalue weighted by molar-refractivity contribution is -0.123. The molecule has 1 unspecified atom stereocenters. The van der Waals surface area contributed by atoms with Crippen LogP contribution in [0.25, 0.3) is 0 Å². The van der Waals surface area contributed by atoms with E-state index in [2.05, 4.69) is 29.0 Å². The average Bonchev–Trinajstić information content (AvgIpc) is 2.98. The minimum atomic E-state index is -4.36. The van der Waals surface area contributed by atoms with Crippen LogP contribution in [-0.4, -0.2) is 48.2 Å². The van der Waals surface area contributed by atoms with Crippen molar-refractivity contribution in [3.63, 3.8) is 0 Å². The molecule has 0 amide bonds. The van der Waals surface area contributed by atoms with Gasteiger partial charge in [0, 0.05) is 43.1 Å². The average molecular weight is 509 g/mol. The summed E-state index contributed by atoms with van der Waals surface area (Å²) in [4.78, 5) is 4.08. The molecule has 0 aromatic heterocycles. The first kappa shape index (κ1) is 27.9. The first-order chi connectivity index (χ1) is 16.9. The van der Waals surface area contributed by atoms with Crippen molar-refractivity contribution in [1.29, 1.82) is 0 Å². The van der Waals surface area contributed by atoms with Crippen molar-refractivity contribution < 1.29 is 17.6 Å². The first-order valence-corrected chi connectivity index (χ1v) is 12.9. The highest BCUT2D eigenvalue weighted by atomic mass is 19.4. The third-order valence-corrected chi connectivity index (χ3v) is 7.45. The standard InChI is InChI=1S/C28H40F4N4/c1-6-7-10-27(11-8-12-27)35(5)22(4)25-15-26(34-19-28(30,31)32)24(9-13-33-25)21(3)17-36-16-20(2)14-23(29)18-36/h9,13-16,21,33-34H,4,6-8,10-12,17-19H2,1-3,5H3. The van der Waals surface area contributed by atoms with Gasteiger partial charge >= 0.3 is 6.18 Å². The summed E-state index contributed by atoms with van der Waals surface area (Å²) in [6.07, 6.45) is 11.0. The van der Waals surface area contributed by atoms with Gasteiger partial charge in [0.15, 0.2) is 0 Å². The van der Waals surface area contributed by atoms with Gasteiger partial charge in [0.1, 0.15) is 12.4 Å². The Kier molecular flexibility index (Phi) is 9.01. The van der Waals surface area contributed by atoms with E-state index in [1.807, 2.05) is 38.1 Å².